The molecule has 1 aliphatic rings. The van der Waals surface area contributed by atoms with Crippen molar-refractivity contribution in [3.05, 3.63) is 26.2 Å². The van der Waals surface area contributed by atoms with Crippen LogP contribution in [0.25, 0.3) is 10.2 Å². The Labute approximate surface area is 124 Å². The maximum absolute atomic E-state index is 12.1. The van der Waals surface area contributed by atoms with Gasteiger partial charge < -0.3 is 5.32 Å². The molecule has 6 heteroatoms. The fourth-order valence-corrected chi connectivity index (χ4v) is 3.71. The second-order valence-electron chi connectivity index (χ2n) is 4.81. The third-order valence-electron chi connectivity index (χ3n) is 3.24. The summed E-state index contributed by atoms with van der Waals surface area (Å²) in [5.74, 6) is -0.108. The Balaban J connectivity index is 2.14. The second-order valence-corrected chi connectivity index (χ2v) is 6.56. The minimum absolute atomic E-state index is 0.108. The number of thiophene rings is 1. The number of rotatable bonds is 2. The Bertz CT molecular complexity index is 692. The maximum atomic E-state index is 12.1. The molecule has 2 aromatic heterocycles. The lowest BCUT2D eigenvalue weighted by molar-refractivity contribution is 0.0955. The van der Waals surface area contributed by atoms with Crippen molar-refractivity contribution in [3.8, 4) is 0 Å². The van der Waals surface area contributed by atoms with Gasteiger partial charge in [0, 0.05) is 11.4 Å². The van der Waals surface area contributed by atoms with Crippen LogP contribution < -0.4 is 5.32 Å². The molecule has 0 aliphatic heterocycles. The number of amides is 1. The van der Waals surface area contributed by atoms with E-state index in [4.69, 9.17) is 23.2 Å². The van der Waals surface area contributed by atoms with Crippen molar-refractivity contribution < 1.29 is 4.79 Å². The van der Waals surface area contributed by atoms with Crippen molar-refractivity contribution in [3.63, 3.8) is 0 Å². The SMILES string of the molecule is Cc1nc2sc(C(=O)NC3CC3)c(Cl)c2c(C)c1Cl. The normalized spacial score (nSPS) is 14.9. The Morgan fingerprint density at radius 2 is 2.00 bits per heavy atom. The number of hydrogen-bond acceptors (Lipinski definition) is 3. The minimum Gasteiger partial charge on any atom is -0.349 e. The van der Waals surface area contributed by atoms with Gasteiger partial charge in [-0.1, -0.05) is 23.2 Å². The van der Waals surface area contributed by atoms with Gasteiger partial charge in [-0.25, -0.2) is 4.98 Å². The smallest absolute Gasteiger partial charge is 0.263 e. The van der Waals surface area contributed by atoms with Crippen LogP contribution in [0.15, 0.2) is 0 Å². The summed E-state index contributed by atoms with van der Waals surface area (Å²) in [7, 11) is 0. The summed E-state index contributed by atoms with van der Waals surface area (Å²) in [4.78, 5) is 17.8. The molecule has 100 valence electrons. The predicted octanol–water partition coefficient (Wildman–Crippen LogP) is 4.11. The average molecular weight is 315 g/mol. The van der Waals surface area contributed by atoms with Gasteiger partial charge in [-0.15, -0.1) is 11.3 Å². The van der Waals surface area contributed by atoms with Gasteiger partial charge in [0.25, 0.3) is 5.91 Å². The number of carbonyl (C=O) groups excluding carboxylic acids is 1. The van der Waals surface area contributed by atoms with Gasteiger partial charge in [-0.3, -0.25) is 4.79 Å². The van der Waals surface area contributed by atoms with E-state index in [1.165, 1.54) is 11.3 Å². The van der Waals surface area contributed by atoms with Crippen LogP contribution in [-0.2, 0) is 0 Å². The molecule has 3 rings (SSSR count). The van der Waals surface area contributed by atoms with Crippen LogP contribution in [0.5, 0.6) is 0 Å². The number of pyridine rings is 1. The van der Waals surface area contributed by atoms with Crippen molar-refractivity contribution in [1.82, 2.24) is 10.3 Å². The Morgan fingerprint density at radius 3 is 2.63 bits per heavy atom. The highest BCUT2D eigenvalue weighted by atomic mass is 35.5. The monoisotopic (exact) mass is 314 g/mol. The first kappa shape index (κ1) is 13.2. The number of aryl methyl sites for hydroxylation is 2. The van der Waals surface area contributed by atoms with E-state index in [2.05, 4.69) is 10.3 Å². The van der Waals surface area contributed by atoms with E-state index >= 15 is 0 Å². The molecule has 2 heterocycles. The standard InChI is InChI=1S/C13H12Cl2N2OS/c1-5-8-10(15)11(12(18)17-7-3-4-7)19-13(8)16-6(2)9(5)14/h7H,3-4H2,1-2H3,(H,17,18). The number of nitrogens with zero attached hydrogens (tertiary/aromatic N) is 1. The van der Waals surface area contributed by atoms with E-state index in [0.717, 1.165) is 34.3 Å². The summed E-state index contributed by atoms with van der Waals surface area (Å²) < 4.78 is 0. The number of hydrogen-bond donors (Lipinski definition) is 1. The fourth-order valence-electron chi connectivity index (χ4n) is 2.01. The summed E-state index contributed by atoms with van der Waals surface area (Å²) in [6, 6.07) is 0.313. The Morgan fingerprint density at radius 1 is 1.32 bits per heavy atom. The lowest BCUT2D eigenvalue weighted by Crippen LogP contribution is -2.24. The molecular weight excluding hydrogens is 303 g/mol. The number of nitrogens with one attached hydrogen (secondary N) is 1. The number of halogens is 2. The summed E-state index contributed by atoms with van der Waals surface area (Å²) in [6.45, 7) is 3.76. The summed E-state index contributed by atoms with van der Waals surface area (Å²) in [5.41, 5.74) is 1.65. The molecule has 0 atom stereocenters. The van der Waals surface area contributed by atoms with E-state index in [1.807, 2.05) is 13.8 Å². The van der Waals surface area contributed by atoms with Gasteiger partial charge in [0.2, 0.25) is 0 Å². The predicted molar refractivity (Wildman–Crippen MR) is 79.6 cm³/mol. The lowest BCUT2D eigenvalue weighted by atomic mass is 10.1. The first-order valence-corrected chi connectivity index (χ1v) is 7.62. The molecule has 3 nitrogen and oxygen atoms in total. The Hall–Kier alpha value is -0.840. The highest BCUT2D eigenvalue weighted by molar-refractivity contribution is 7.21. The molecule has 2 aromatic rings. The third kappa shape index (κ3) is 2.22. The largest absolute Gasteiger partial charge is 0.349 e. The van der Waals surface area contributed by atoms with Crippen LogP contribution in [0.4, 0.5) is 0 Å². The van der Waals surface area contributed by atoms with Gasteiger partial charge >= 0.3 is 0 Å². The van der Waals surface area contributed by atoms with Gasteiger partial charge in [0.15, 0.2) is 0 Å². The van der Waals surface area contributed by atoms with Gasteiger partial charge in [0.05, 0.1) is 15.7 Å². The van der Waals surface area contributed by atoms with Crippen LogP contribution in [0.1, 0.15) is 33.8 Å². The molecule has 0 aromatic carbocycles. The van der Waals surface area contributed by atoms with Gasteiger partial charge in [0.1, 0.15) is 9.71 Å². The highest BCUT2D eigenvalue weighted by Gasteiger charge is 2.27. The molecule has 19 heavy (non-hydrogen) atoms. The van der Waals surface area contributed by atoms with Crippen LogP contribution >= 0.6 is 34.5 Å². The zero-order valence-corrected chi connectivity index (χ0v) is 12.8. The first-order chi connectivity index (χ1) is 8.99. The number of fused-ring (bicyclic) bond motifs is 1. The van der Waals surface area contributed by atoms with E-state index in [-0.39, 0.29) is 5.91 Å². The fraction of sp³-hybridized carbons (Fsp3) is 0.385. The van der Waals surface area contributed by atoms with Crippen molar-refractivity contribution >= 4 is 50.7 Å². The molecule has 0 spiro atoms. The molecule has 1 N–H and O–H groups in total. The molecule has 1 aliphatic carbocycles. The molecule has 1 amide bonds. The number of aromatic nitrogens is 1. The lowest BCUT2D eigenvalue weighted by Gasteiger charge is -2.03. The zero-order chi connectivity index (χ0) is 13.7. The summed E-state index contributed by atoms with van der Waals surface area (Å²) in [5, 5.41) is 4.82. The minimum atomic E-state index is -0.108. The summed E-state index contributed by atoms with van der Waals surface area (Å²) >= 11 is 13.9. The average Bonchev–Trinajstić information content (AvgIpc) is 3.10. The van der Waals surface area contributed by atoms with Crippen LogP contribution in [0, 0.1) is 13.8 Å². The number of carbonyl (C=O) groups is 1. The van der Waals surface area contributed by atoms with E-state index in [9.17, 15) is 4.79 Å². The highest BCUT2D eigenvalue weighted by Crippen LogP contribution is 2.39. The quantitative estimate of drug-likeness (QED) is 0.906. The molecular formula is C13H12Cl2N2OS. The van der Waals surface area contributed by atoms with Gasteiger partial charge in [-0.2, -0.15) is 0 Å². The van der Waals surface area contributed by atoms with Crippen molar-refractivity contribution in [2.24, 2.45) is 0 Å². The molecule has 0 bridgehead atoms. The molecule has 0 radical (unpaired) electrons. The van der Waals surface area contributed by atoms with E-state index in [1.54, 1.807) is 0 Å². The maximum Gasteiger partial charge on any atom is 0.263 e. The molecule has 0 saturated heterocycles. The van der Waals surface area contributed by atoms with Crippen molar-refractivity contribution in [2.75, 3.05) is 0 Å². The summed E-state index contributed by atoms with van der Waals surface area (Å²) in [6.07, 6.45) is 2.10. The topological polar surface area (TPSA) is 42.0 Å². The third-order valence-corrected chi connectivity index (χ3v) is 5.37. The van der Waals surface area contributed by atoms with E-state index < -0.39 is 0 Å². The molecule has 1 saturated carbocycles. The van der Waals surface area contributed by atoms with Crippen molar-refractivity contribution in [1.29, 1.82) is 0 Å². The van der Waals surface area contributed by atoms with Crippen LogP contribution in [-0.4, -0.2) is 16.9 Å². The Kier molecular flexibility index (Phi) is 3.20. The molecule has 0 unspecified atom stereocenters. The van der Waals surface area contributed by atoms with Crippen LogP contribution in [0.3, 0.4) is 0 Å². The van der Waals surface area contributed by atoms with Gasteiger partial charge in [-0.05, 0) is 32.3 Å². The van der Waals surface area contributed by atoms with Crippen LogP contribution in [0.2, 0.25) is 10.0 Å². The first-order valence-electron chi connectivity index (χ1n) is 6.04. The van der Waals surface area contributed by atoms with E-state index in [0.29, 0.717) is 21.0 Å². The molecule has 1 fully saturated rings. The second kappa shape index (κ2) is 4.62. The zero-order valence-electron chi connectivity index (χ0n) is 10.5. The van der Waals surface area contributed by atoms with Crippen molar-refractivity contribution in [2.45, 2.75) is 32.7 Å².